The van der Waals surface area contributed by atoms with Crippen molar-refractivity contribution in [3.8, 4) is 0 Å². The highest BCUT2D eigenvalue weighted by Gasteiger charge is 2.28. The molecule has 250 valence electrons. The average Bonchev–Trinajstić information content (AvgIpc) is 3.04. The van der Waals surface area contributed by atoms with Crippen molar-refractivity contribution >= 4 is 0 Å². The number of hydrogen-bond donors (Lipinski definition) is 0. The highest BCUT2D eigenvalue weighted by atomic mass is 15.2. The van der Waals surface area contributed by atoms with E-state index in [-0.39, 0.29) is 0 Å². The maximum atomic E-state index is 4.62. The second-order valence-electron chi connectivity index (χ2n) is 14.5. The Hall–Kier alpha value is -0.860. The third-order valence-corrected chi connectivity index (χ3v) is 10.9. The lowest BCUT2D eigenvalue weighted by molar-refractivity contribution is 0.0840. The summed E-state index contributed by atoms with van der Waals surface area (Å²) in [5, 5.41) is 0. The molecule has 1 atom stereocenters. The van der Waals surface area contributed by atoms with Gasteiger partial charge in [-0.2, -0.15) is 0 Å². The van der Waals surface area contributed by atoms with E-state index < -0.39 is 0 Å². The van der Waals surface area contributed by atoms with Crippen LogP contribution in [-0.2, 0) is 0 Å². The largest absolute Gasteiger partial charge is 0.303 e. The summed E-state index contributed by atoms with van der Waals surface area (Å²) in [6, 6.07) is 0.839. The van der Waals surface area contributed by atoms with Crippen LogP contribution in [0.2, 0.25) is 0 Å². The number of piperidine rings is 2. The zero-order valence-corrected chi connectivity index (χ0v) is 29.7. The Kier molecular flexibility index (Phi) is 22.6. The van der Waals surface area contributed by atoms with Gasteiger partial charge in [-0.15, -0.1) is 0 Å². The summed E-state index contributed by atoms with van der Waals surface area (Å²) in [7, 11) is 0. The Balaban J connectivity index is 1.46. The zero-order chi connectivity index (χ0) is 31.0. The SMILES string of the molecule is C=C(CCCCCCCCCC/C=C\CCCCC)CCC(CCC)CCC(=C)C1CCN(C2CCN(CC)CC2)CC1. The Labute approximate surface area is 271 Å². The minimum atomic E-state index is 0.770. The van der Waals surface area contributed by atoms with Crippen molar-refractivity contribution in [2.24, 2.45) is 11.8 Å². The summed E-state index contributed by atoms with van der Waals surface area (Å²) in [5.74, 6) is 1.63. The number of rotatable bonds is 26. The molecule has 2 saturated heterocycles. The van der Waals surface area contributed by atoms with Crippen LogP contribution in [0.4, 0.5) is 0 Å². The smallest absolute Gasteiger partial charge is 0.0120 e. The lowest BCUT2D eigenvalue weighted by atomic mass is 9.83. The molecule has 0 aromatic rings. The molecule has 2 fully saturated rings. The van der Waals surface area contributed by atoms with Crippen LogP contribution < -0.4 is 0 Å². The summed E-state index contributed by atoms with van der Waals surface area (Å²) in [6.45, 7) is 22.5. The molecule has 0 aromatic carbocycles. The maximum absolute atomic E-state index is 4.62. The van der Waals surface area contributed by atoms with E-state index in [0.717, 1.165) is 17.9 Å². The van der Waals surface area contributed by atoms with Crippen molar-refractivity contribution in [2.45, 2.75) is 181 Å². The third kappa shape index (κ3) is 18.0. The Bertz CT molecular complexity index is 707. The molecule has 2 rings (SSSR count). The molecule has 2 heterocycles. The van der Waals surface area contributed by atoms with Crippen LogP contribution in [0.15, 0.2) is 36.5 Å². The summed E-state index contributed by atoms with van der Waals surface area (Å²) < 4.78 is 0. The van der Waals surface area contributed by atoms with Gasteiger partial charge >= 0.3 is 0 Å². The minimum absolute atomic E-state index is 0.770. The first kappa shape index (κ1) is 38.3. The first-order valence-electron chi connectivity index (χ1n) is 19.5. The van der Waals surface area contributed by atoms with E-state index in [2.05, 4.69) is 55.9 Å². The van der Waals surface area contributed by atoms with Crippen molar-refractivity contribution in [2.75, 3.05) is 32.7 Å². The molecule has 2 nitrogen and oxygen atoms in total. The monoisotopic (exact) mass is 597 g/mol. The predicted octanol–water partition coefficient (Wildman–Crippen LogP) is 12.3. The second kappa shape index (κ2) is 25.3. The Morgan fingerprint density at radius 2 is 1.21 bits per heavy atom. The van der Waals surface area contributed by atoms with Crippen LogP contribution in [0.3, 0.4) is 0 Å². The fraction of sp³-hybridized carbons (Fsp3) is 0.854. The molecule has 1 unspecified atom stereocenters. The van der Waals surface area contributed by atoms with Gasteiger partial charge in [-0.1, -0.05) is 121 Å². The van der Waals surface area contributed by atoms with Crippen molar-refractivity contribution in [1.29, 1.82) is 0 Å². The molecule has 0 radical (unpaired) electrons. The van der Waals surface area contributed by atoms with Crippen LogP contribution in [0.5, 0.6) is 0 Å². The molecule has 0 amide bonds. The molecular formula is C41H76N2. The summed E-state index contributed by atoms with van der Waals surface area (Å²) in [4.78, 5) is 5.44. The van der Waals surface area contributed by atoms with Crippen LogP contribution in [0.1, 0.15) is 175 Å². The standard InChI is InChI=1S/C41H76N2/c1-6-9-10-11-12-13-14-15-16-17-18-19-20-21-22-24-37(4)25-27-39(23-7-2)28-26-38(5)40-29-35-43(36-30-40)41-31-33-42(8-3)34-32-41/h12-13,39-41H,4-11,14-36H2,1-3H3/b13-12-. The molecule has 0 bridgehead atoms. The number of hydrogen-bond acceptors (Lipinski definition) is 2. The van der Waals surface area contributed by atoms with Gasteiger partial charge in [-0.25, -0.2) is 0 Å². The number of nitrogens with zero attached hydrogens (tertiary/aromatic N) is 2. The lowest BCUT2D eigenvalue weighted by Crippen LogP contribution is -2.47. The van der Waals surface area contributed by atoms with Gasteiger partial charge in [-0.3, -0.25) is 0 Å². The normalized spacial score (nSPS) is 18.5. The molecule has 0 spiro atoms. The van der Waals surface area contributed by atoms with Gasteiger partial charge in [0.15, 0.2) is 0 Å². The van der Waals surface area contributed by atoms with Gasteiger partial charge in [0.05, 0.1) is 0 Å². The molecule has 0 N–H and O–H groups in total. The second-order valence-corrected chi connectivity index (χ2v) is 14.5. The minimum Gasteiger partial charge on any atom is -0.303 e. The Morgan fingerprint density at radius 1 is 0.628 bits per heavy atom. The van der Waals surface area contributed by atoms with E-state index in [0.29, 0.717) is 0 Å². The average molecular weight is 597 g/mol. The van der Waals surface area contributed by atoms with Crippen LogP contribution in [0, 0.1) is 11.8 Å². The lowest BCUT2D eigenvalue weighted by Gasteiger charge is -2.42. The van der Waals surface area contributed by atoms with E-state index in [1.807, 2.05) is 0 Å². The first-order valence-corrected chi connectivity index (χ1v) is 19.5. The molecule has 43 heavy (non-hydrogen) atoms. The first-order chi connectivity index (χ1) is 21.1. The van der Waals surface area contributed by atoms with Gasteiger partial charge in [-0.05, 0) is 134 Å². The maximum Gasteiger partial charge on any atom is 0.0120 e. The van der Waals surface area contributed by atoms with E-state index in [4.69, 9.17) is 0 Å². The molecule has 2 heteroatoms. The summed E-state index contributed by atoms with van der Waals surface area (Å²) in [6.07, 6.45) is 37.4. The molecule has 2 aliphatic rings. The van der Waals surface area contributed by atoms with E-state index in [9.17, 15) is 0 Å². The van der Waals surface area contributed by atoms with E-state index >= 15 is 0 Å². The fourth-order valence-corrected chi connectivity index (χ4v) is 7.69. The molecule has 0 aliphatic carbocycles. The van der Waals surface area contributed by atoms with Crippen LogP contribution in [-0.4, -0.2) is 48.6 Å². The Morgan fingerprint density at radius 3 is 1.81 bits per heavy atom. The quantitative estimate of drug-likeness (QED) is 0.0724. The van der Waals surface area contributed by atoms with Crippen LogP contribution >= 0.6 is 0 Å². The number of unbranched alkanes of at least 4 members (excludes halogenated alkanes) is 11. The van der Waals surface area contributed by atoms with E-state index in [1.165, 1.54) is 192 Å². The predicted molar refractivity (Wildman–Crippen MR) is 194 cm³/mol. The third-order valence-electron chi connectivity index (χ3n) is 10.9. The molecular weight excluding hydrogens is 520 g/mol. The zero-order valence-electron chi connectivity index (χ0n) is 29.7. The van der Waals surface area contributed by atoms with Crippen molar-refractivity contribution in [3.05, 3.63) is 36.5 Å². The van der Waals surface area contributed by atoms with Gasteiger partial charge in [0.25, 0.3) is 0 Å². The van der Waals surface area contributed by atoms with Crippen molar-refractivity contribution in [1.82, 2.24) is 9.80 Å². The highest BCUT2D eigenvalue weighted by Crippen LogP contribution is 2.32. The molecule has 2 aliphatic heterocycles. The van der Waals surface area contributed by atoms with Crippen molar-refractivity contribution < 1.29 is 0 Å². The van der Waals surface area contributed by atoms with Gasteiger partial charge in [0, 0.05) is 6.04 Å². The van der Waals surface area contributed by atoms with E-state index in [1.54, 1.807) is 5.57 Å². The summed E-state index contributed by atoms with van der Waals surface area (Å²) >= 11 is 0. The molecule has 0 aromatic heterocycles. The van der Waals surface area contributed by atoms with Gasteiger partial charge < -0.3 is 9.80 Å². The number of likely N-dealkylation sites (tertiary alicyclic amines) is 2. The van der Waals surface area contributed by atoms with Crippen LogP contribution in [0.25, 0.3) is 0 Å². The van der Waals surface area contributed by atoms with Crippen molar-refractivity contribution in [3.63, 3.8) is 0 Å². The number of allylic oxidation sites excluding steroid dienone is 4. The topological polar surface area (TPSA) is 6.48 Å². The highest BCUT2D eigenvalue weighted by molar-refractivity contribution is 5.03. The molecule has 0 saturated carbocycles. The fourth-order valence-electron chi connectivity index (χ4n) is 7.69. The van der Waals surface area contributed by atoms with Gasteiger partial charge in [0.1, 0.15) is 0 Å². The summed E-state index contributed by atoms with van der Waals surface area (Å²) in [5.41, 5.74) is 3.08. The van der Waals surface area contributed by atoms with Gasteiger partial charge in [0.2, 0.25) is 0 Å².